The predicted molar refractivity (Wildman–Crippen MR) is 106 cm³/mol. The van der Waals surface area contributed by atoms with Gasteiger partial charge in [0.05, 0.1) is 30.6 Å². The maximum atomic E-state index is 12.9. The van der Waals surface area contributed by atoms with Crippen LogP contribution in [-0.4, -0.2) is 32.8 Å². The van der Waals surface area contributed by atoms with Gasteiger partial charge in [-0.1, -0.05) is 11.6 Å². The van der Waals surface area contributed by atoms with Gasteiger partial charge in [0, 0.05) is 11.6 Å². The van der Waals surface area contributed by atoms with E-state index in [1.54, 1.807) is 12.1 Å². The van der Waals surface area contributed by atoms with Crippen molar-refractivity contribution in [1.82, 2.24) is 10.2 Å². The van der Waals surface area contributed by atoms with Gasteiger partial charge in [0.2, 0.25) is 0 Å². The van der Waals surface area contributed by atoms with Crippen molar-refractivity contribution >= 4 is 27.3 Å². The Hall–Kier alpha value is -3.04. The van der Waals surface area contributed by atoms with Gasteiger partial charge in [-0.3, -0.25) is 9.52 Å². The van der Waals surface area contributed by atoms with Crippen molar-refractivity contribution in [2.45, 2.75) is 4.90 Å². The van der Waals surface area contributed by atoms with Crippen LogP contribution in [0.1, 0.15) is 0 Å². The zero-order valence-electron chi connectivity index (χ0n) is 14.9. The van der Waals surface area contributed by atoms with E-state index in [9.17, 15) is 13.2 Å². The van der Waals surface area contributed by atoms with Crippen LogP contribution in [0.15, 0.2) is 58.2 Å². The second-order valence-corrected chi connectivity index (χ2v) is 7.68. The summed E-state index contributed by atoms with van der Waals surface area (Å²) in [4.78, 5) is 11.1. The molecule has 0 aliphatic carbocycles. The highest BCUT2D eigenvalue weighted by Crippen LogP contribution is 2.32. The molecule has 28 heavy (non-hydrogen) atoms. The lowest BCUT2D eigenvalue weighted by atomic mass is 10.1. The zero-order valence-corrected chi connectivity index (χ0v) is 16.5. The minimum Gasteiger partial charge on any atom is -0.495 e. The fourth-order valence-corrected chi connectivity index (χ4v) is 3.99. The van der Waals surface area contributed by atoms with Crippen molar-refractivity contribution in [3.8, 4) is 22.8 Å². The first-order valence-electron chi connectivity index (χ1n) is 7.94. The maximum absolute atomic E-state index is 12.9. The standard InChI is InChI=1S/C18H16ClN3O5S/c1-26-15-7-4-12(10-13(15)19)22-28(24,25)17-9-11(3-6-16(17)27-2)14-5-8-18(23)21-20-14/h3-10,22H,1-2H3,(H,21,23). The minimum absolute atomic E-state index is 0.0903. The first-order valence-corrected chi connectivity index (χ1v) is 9.80. The van der Waals surface area contributed by atoms with Gasteiger partial charge in [0.15, 0.2) is 0 Å². The normalized spacial score (nSPS) is 11.1. The molecule has 8 nitrogen and oxygen atoms in total. The molecular formula is C18H16ClN3O5S. The number of rotatable bonds is 6. The van der Waals surface area contributed by atoms with Crippen LogP contribution < -0.4 is 19.8 Å². The zero-order chi connectivity index (χ0) is 20.3. The Morgan fingerprint density at radius 1 is 1.00 bits per heavy atom. The number of hydrogen-bond acceptors (Lipinski definition) is 6. The molecule has 0 atom stereocenters. The third kappa shape index (κ3) is 4.10. The summed E-state index contributed by atoms with van der Waals surface area (Å²) in [6, 6.07) is 11.9. The summed E-state index contributed by atoms with van der Waals surface area (Å²) in [6.07, 6.45) is 0. The summed E-state index contributed by atoms with van der Waals surface area (Å²) in [7, 11) is -1.17. The summed E-state index contributed by atoms with van der Waals surface area (Å²) in [5.74, 6) is 0.577. The van der Waals surface area contributed by atoms with E-state index in [0.717, 1.165) is 0 Å². The minimum atomic E-state index is -4.01. The van der Waals surface area contributed by atoms with Gasteiger partial charge in [-0.15, -0.1) is 0 Å². The van der Waals surface area contributed by atoms with Gasteiger partial charge in [0.25, 0.3) is 15.6 Å². The van der Waals surface area contributed by atoms with Crippen LogP contribution in [0, 0.1) is 0 Å². The third-order valence-electron chi connectivity index (χ3n) is 3.83. The quantitative estimate of drug-likeness (QED) is 0.633. The Labute approximate surface area is 166 Å². The van der Waals surface area contributed by atoms with E-state index < -0.39 is 10.0 Å². The number of nitrogens with zero attached hydrogens (tertiary/aromatic N) is 1. The molecule has 0 saturated carbocycles. The van der Waals surface area contributed by atoms with E-state index in [2.05, 4.69) is 14.9 Å². The molecule has 146 valence electrons. The van der Waals surface area contributed by atoms with E-state index >= 15 is 0 Å². The Morgan fingerprint density at radius 3 is 2.32 bits per heavy atom. The van der Waals surface area contributed by atoms with Crippen LogP contribution in [0.4, 0.5) is 5.69 Å². The molecule has 0 spiro atoms. The van der Waals surface area contributed by atoms with Crippen molar-refractivity contribution in [3.05, 3.63) is 63.9 Å². The number of sulfonamides is 1. The number of benzene rings is 2. The van der Waals surface area contributed by atoms with Gasteiger partial charge in [-0.25, -0.2) is 13.5 Å². The number of H-pyrrole nitrogens is 1. The van der Waals surface area contributed by atoms with Crippen molar-refractivity contribution in [2.24, 2.45) is 0 Å². The largest absolute Gasteiger partial charge is 0.495 e. The number of hydrogen-bond donors (Lipinski definition) is 2. The van der Waals surface area contributed by atoms with E-state index in [-0.39, 0.29) is 26.9 Å². The summed E-state index contributed by atoms with van der Waals surface area (Å²) in [5.41, 5.74) is 0.806. The highest BCUT2D eigenvalue weighted by molar-refractivity contribution is 7.92. The van der Waals surface area contributed by atoms with Crippen molar-refractivity contribution < 1.29 is 17.9 Å². The fourth-order valence-electron chi connectivity index (χ4n) is 2.49. The van der Waals surface area contributed by atoms with Crippen LogP contribution in [0.2, 0.25) is 5.02 Å². The smallest absolute Gasteiger partial charge is 0.265 e. The van der Waals surface area contributed by atoms with E-state index in [0.29, 0.717) is 17.0 Å². The number of ether oxygens (including phenoxy) is 2. The molecule has 3 rings (SSSR count). The molecule has 2 aromatic carbocycles. The second kappa shape index (κ2) is 7.91. The third-order valence-corrected chi connectivity index (χ3v) is 5.53. The molecule has 0 amide bonds. The Morgan fingerprint density at radius 2 is 1.71 bits per heavy atom. The average molecular weight is 422 g/mol. The molecule has 0 unspecified atom stereocenters. The maximum Gasteiger partial charge on any atom is 0.265 e. The molecular weight excluding hydrogens is 406 g/mol. The summed E-state index contributed by atoms with van der Waals surface area (Å²) in [6.45, 7) is 0. The van der Waals surface area contributed by atoms with Crippen LogP contribution in [-0.2, 0) is 10.0 Å². The summed E-state index contributed by atoms with van der Waals surface area (Å²) >= 11 is 6.06. The lowest BCUT2D eigenvalue weighted by molar-refractivity contribution is 0.403. The van der Waals surface area contributed by atoms with Crippen LogP contribution in [0.25, 0.3) is 11.3 Å². The highest BCUT2D eigenvalue weighted by Gasteiger charge is 2.21. The second-order valence-electron chi connectivity index (χ2n) is 5.63. The number of anilines is 1. The lowest BCUT2D eigenvalue weighted by Gasteiger charge is -2.14. The van der Waals surface area contributed by atoms with Crippen LogP contribution >= 0.6 is 11.6 Å². The molecule has 0 bridgehead atoms. The van der Waals surface area contributed by atoms with Crippen LogP contribution in [0.3, 0.4) is 0 Å². The van der Waals surface area contributed by atoms with Gasteiger partial charge >= 0.3 is 0 Å². The molecule has 1 heterocycles. The van der Waals surface area contributed by atoms with E-state index in [4.69, 9.17) is 21.1 Å². The van der Waals surface area contributed by atoms with Gasteiger partial charge in [-0.05, 0) is 42.5 Å². The highest BCUT2D eigenvalue weighted by atomic mass is 35.5. The molecule has 0 radical (unpaired) electrons. The number of nitrogens with one attached hydrogen (secondary N) is 2. The molecule has 3 aromatic rings. The number of aromatic nitrogens is 2. The molecule has 2 N–H and O–H groups in total. The Balaban J connectivity index is 2.02. The van der Waals surface area contributed by atoms with Gasteiger partial charge in [0.1, 0.15) is 16.4 Å². The molecule has 0 aliphatic rings. The first-order chi connectivity index (χ1) is 13.3. The van der Waals surface area contributed by atoms with Gasteiger partial charge < -0.3 is 9.47 Å². The molecule has 10 heteroatoms. The SMILES string of the molecule is COc1ccc(NS(=O)(=O)c2cc(-c3ccc(=O)[nH]n3)ccc2OC)cc1Cl. The predicted octanol–water partition coefficient (Wildman–Crippen LogP) is 2.91. The monoisotopic (exact) mass is 421 g/mol. The van der Waals surface area contributed by atoms with Crippen molar-refractivity contribution in [2.75, 3.05) is 18.9 Å². The first kappa shape index (κ1) is 19.7. The van der Waals surface area contributed by atoms with Crippen molar-refractivity contribution in [1.29, 1.82) is 0 Å². The molecule has 0 saturated heterocycles. The number of halogens is 1. The summed E-state index contributed by atoms with van der Waals surface area (Å²) in [5, 5.41) is 6.50. The fraction of sp³-hybridized carbons (Fsp3) is 0.111. The number of methoxy groups -OCH3 is 2. The Kier molecular flexibility index (Phi) is 5.57. The lowest BCUT2D eigenvalue weighted by Crippen LogP contribution is -2.14. The molecule has 1 aromatic heterocycles. The molecule has 0 fully saturated rings. The topological polar surface area (TPSA) is 110 Å². The van der Waals surface area contributed by atoms with E-state index in [1.165, 1.54) is 50.6 Å². The number of aromatic amines is 1. The molecule has 0 aliphatic heterocycles. The Bertz CT molecular complexity index is 1160. The summed E-state index contributed by atoms with van der Waals surface area (Å²) < 4.78 is 38.6. The van der Waals surface area contributed by atoms with Crippen molar-refractivity contribution in [3.63, 3.8) is 0 Å². The van der Waals surface area contributed by atoms with Crippen LogP contribution in [0.5, 0.6) is 11.5 Å². The van der Waals surface area contributed by atoms with Gasteiger partial charge in [-0.2, -0.15) is 5.10 Å². The van der Waals surface area contributed by atoms with E-state index in [1.807, 2.05) is 0 Å². The average Bonchev–Trinajstić information content (AvgIpc) is 2.68.